The van der Waals surface area contributed by atoms with Gasteiger partial charge in [0.25, 0.3) is 0 Å². The Bertz CT molecular complexity index is 681. The van der Waals surface area contributed by atoms with Crippen LogP contribution in [0.25, 0.3) is 0 Å². The summed E-state index contributed by atoms with van der Waals surface area (Å²) in [6.45, 7) is 4.57. The van der Waals surface area contributed by atoms with Gasteiger partial charge in [-0.3, -0.25) is 0 Å². The first-order chi connectivity index (χ1) is 12.7. The SMILES string of the molecule is CCc1ccccc1[C@@]1(SC)SCCS[C@]1(SC)c1ccccc1CC. The van der Waals surface area contributed by atoms with E-state index >= 15 is 0 Å². The molecule has 2 atom stereocenters. The summed E-state index contributed by atoms with van der Waals surface area (Å²) in [6, 6.07) is 18.2. The van der Waals surface area contributed by atoms with Crippen LogP contribution in [0.4, 0.5) is 0 Å². The van der Waals surface area contributed by atoms with E-state index in [4.69, 9.17) is 0 Å². The summed E-state index contributed by atoms with van der Waals surface area (Å²) in [5, 5.41) is 0. The first-order valence-corrected chi connectivity index (χ1v) is 13.7. The van der Waals surface area contributed by atoms with E-state index < -0.39 is 0 Å². The normalized spacial score (nSPS) is 26.0. The number of hydrogen-bond donors (Lipinski definition) is 0. The number of benzene rings is 2. The molecular weight excluding hydrogens is 393 g/mol. The second-order valence-electron chi connectivity index (χ2n) is 6.36. The van der Waals surface area contributed by atoms with Crippen LogP contribution in [-0.4, -0.2) is 24.0 Å². The Morgan fingerprint density at radius 3 is 1.46 bits per heavy atom. The average Bonchev–Trinajstić information content (AvgIpc) is 2.73. The molecule has 0 amide bonds. The molecule has 1 saturated heterocycles. The van der Waals surface area contributed by atoms with Crippen molar-refractivity contribution in [3.05, 3.63) is 70.8 Å². The lowest BCUT2D eigenvalue weighted by molar-refractivity contribution is 0.757. The van der Waals surface area contributed by atoms with E-state index in [2.05, 4.69) is 98.4 Å². The van der Waals surface area contributed by atoms with E-state index in [1.807, 2.05) is 23.5 Å². The van der Waals surface area contributed by atoms with Crippen LogP contribution in [0.1, 0.15) is 36.1 Å². The molecule has 0 aromatic heterocycles. The minimum absolute atomic E-state index is 0.0210. The van der Waals surface area contributed by atoms with Gasteiger partial charge in [-0.15, -0.1) is 47.0 Å². The molecule has 26 heavy (non-hydrogen) atoms. The van der Waals surface area contributed by atoms with Crippen LogP contribution in [0.15, 0.2) is 48.5 Å². The maximum Gasteiger partial charge on any atom is 0.114 e. The minimum Gasteiger partial charge on any atom is -0.140 e. The molecule has 1 aliphatic heterocycles. The number of hydrogen-bond acceptors (Lipinski definition) is 4. The van der Waals surface area contributed by atoms with E-state index in [0.717, 1.165) is 12.8 Å². The summed E-state index contributed by atoms with van der Waals surface area (Å²) < 4.78 is 0.0421. The van der Waals surface area contributed by atoms with Gasteiger partial charge in [-0.25, -0.2) is 0 Å². The highest BCUT2D eigenvalue weighted by Gasteiger charge is 2.57. The maximum atomic E-state index is 2.38. The van der Waals surface area contributed by atoms with Crippen LogP contribution in [0, 0.1) is 0 Å². The Morgan fingerprint density at radius 2 is 1.12 bits per heavy atom. The smallest absolute Gasteiger partial charge is 0.114 e. The van der Waals surface area contributed by atoms with Crippen LogP contribution >= 0.6 is 47.0 Å². The van der Waals surface area contributed by atoms with Gasteiger partial charge in [0.05, 0.1) is 0 Å². The van der Waals surface area contributed by atoms with E-state index in [9.17, 15) is 0 Å². The summed E-state index contributed by atoms with van der Waals surface area (Å²) in [7, 11) is 0. The first kappa shape index (κ1) is 20.6. The zero-order valence-electron chi connectivity index (χ0n) is 16.1. The van der Waals surface area contributed by atoms with Gasteiger partial charge in [-0.05, 0) is 47.6 Å². The summed E-state index contributed by atoms with van der Waals surface area (Å²) in [6.07, 6.45) is 6.79. The minimum atomic E-state index is 0.0210. The fourth-order valence-electron chi connectivity index (χ4n) is 3.98. The predicted octanol–water partition coefficient (Wildman–Crippen LogP) is 7.02. The van der Waals surface area contributed by atoms with Crippen molar-refractivity contribution in [2.24, 2.45) is 0 Å². The molecule has 0 N–H and O–H groups in total. The van der Waals surface area contributed by atoms with Gasteiger partial charge < -0.3 is 0 Å². The lowest BCUT2D eigenvalue weighted by atomic mass is 9.93. The van der Waals surface area contributed by atoms with Crippen LogP contribution in [0.5, 0.6) is 0 Å². The van der Waals surface area contributed by atoms with Crippen molar-refractivity contribution >= 4 is 47.0 Å². The van der Waals surface area contributed by atoms with Gasteiger partial charge in [0, 0.05) is 11.5 Å². The molecule has 140 valence electrons. The quantitative estimate of drug-likeness (QED) is 0.492. The van der Waals surface area contributed by atoms with Crippen molar-refractivity contribution in [1.82, 2.24) is 0 Å². The molecule has 0 nitrogen and oxygen atoms in total. The average molecular weight is 421 g/mol. The molecule has 0 spiro atoms. The van der Waals surface area contributed by atoms with Crippen molar-refractivity contribution < 1.29 is 0 Å². The van der Waals surface area contributed by atoms with Crippen molar-refractivity contribution in [2.75, 3.05) is 24.0 Å². The topological polar surface area (TPSA) is 0 Å². The van der Waals surface area contributed by atoms with Gasteiger partial charge in [0.1, 0.15) is 8.16 Å². The molecule has 1 aliphatic rings. The molecule has 0 unspecified atom stereocenters. The molecule has 1 fully saturated rings. The van der Waals surface area contributed by atoms with E-state index in [1.54, 1.807) is 0 Å². The summed E-state index contributed by atoms with van der Waals surface area (Å²) >= 11 is 8.41. The van der Waals surface area contributed by atoms with E-state index in [1.165, 1.54) is 33.8 Å². The summed E-state index contributed by atoms with van der Waals surface area (Å²) in [5.74, 6) is 2.42. The van der Waals surface area contributed by atoms with E-state index in [0.29, 0.717) is 0 Å². The molecule has 3 rings (SSSR count). The molecule has 0 bridgehead atoms. The molecule has 1 heterocycles. The highest BCUT2D eigenvalue weighted by molar-refractivity contribution is 8.25. The highest BCUT2D eigenvalue weighted by atomic mass is 32.2. The second-order valence-corrected chi connectivity index (χ2v) is 11.5. The van der Waals surface area contributed by atoms with Crippen LogP contribution in [-0.2, 0) is 21.0 Å². The molecular formula is C22H28S4. The number of rotatable bonds is 6. The van der Waals surface area contributed by atoms with Gasteiger partial charge in [0.2, 0.25) is 0 Å². The molecule has 2 aromatic rings. The Balaban J connectivity index is 2.30. The molecule has 4 heteroatoms. The van der Waals surface area contributed by atoms with E-state index in [-0.39, 0.29) is 8.16 Å². The first-order valence-electron chi connectivity index (χ1n) is 9.24. The Morgan fingerprint density at radius 1 is 0.731 bits per heavy atom. The number of thioether (sulfide) groups is 4. The maximum absolute atomic E-state index is 2.38. The largest absolute Gasteiger partial charge is 0.140 e. The lowest BCUT2D eigenvalue weighted by Gasteiger charge is -2.52. The molecule has 0 aliphatic carbocycles. The summed E-state index contributed by atoms with van der Waals surface area (Å²) in [4.78, 5) is 0. The fourth-order valence-corrected chi connectivity index (χ4v) is 11.3. The Labute approximate surface area is 176 Å². The van der Waals surface area contributed by atoms with Crippen molar-refractivity contribution in [3.8, 4) is 0 Å². The summed E-state index contributed by atoms with van der Waals surface area (Å²) in [5.41, 5.74) is 6.02. The van der Waals surface area contributed by atoms with Crippen molar-refractivity contribution in [3.63, 3.8) is 0 Å². The van der Waals surface area contributed by atoms with Crippen molar-refractivity contribution in [2.45, 2.75) is 34.8 Å². The monoisotopic (exact) mass is 420 g/mol. The lowest BCUT2D eigenvalue weighted by Crippen LogP contribution is -2.44. The second kappa shape index (κ2) is 8.89. The number of aryl methyl sites for hydroxylation is 2. The molecule has 0 saturated carbocycles. The predicted molar refractivity (Wildman–Crippen MR) is 127 cm³/mol. The zero-order chi connectivity index (χ0) is 18.6. The Hall–Kier alpha value is -0.160. The fraction of sp³-hybridized carbons (Fsp3) is 0.455. The third-order valence-corrected chi connectivity index (χ3v) is 12.6. The van der Waals surface area contributed by atoms with Gasteiger partial charge in [-0.2, -0.15) is 0 Å². The van der Waals surface area contributed by atoms with Crippen LogP contribution in [0.3, 0.4) is 0 Å². The third-order valence-electron chi connectivity index (χ3n) is 5.21. The van der Waals surface area contributed by atoms with Gasteiger partial charge in [-0.1, -0.05) is 62.4 Å². The van der Waals surface area contributed by atoms with Crippen molar-refractivity contribution in [1.29, 1.82) is 0 Å². The third kappa shape index (κ3) is 3.25. The Kier molecular flexibility index (Phi) is 7.04. The van der Waals surface area contributed by atoms with Crippen LogP contribution in [0.2, 0.25) is 0 Å². The van der Waals surface area contributed by atoms with Crippen LogP contribution < -0.4 is 0 Å². The van der Waals surface area contributed by atoms with Gasteiger partial charge >= 0.3 is 0 Å². The highest BCUT2D eigenvalue weighted by Crippen LogP contribution is 2.70. The molecule has 0 radical (unpaired) electrons. The van der Waals surface area contributed by atoms with Gasteiger partial charge in [0.15, 0.2) is 0 Å². The standard InChI is InChI=1S/C22H28S4/c1-5-17-11-7-9-13-19(17)21(23-3)22(24-4,26-16-15-25-21)20-14-10-8-12-18(20)6-2/h7-14H,5-6,15-16H2,1-4H3/t21-,22-/m1/s1. The molecule has 2 aromatic carbocycles. The zero-order valence-corrected chi connectivity index (χ0v) is 19.3.